The number of rotatable bonds is 6. The van der Waals surface area contributed by atoms with Crippen molar-refractivity contribution in [1.29, 1.82) is 0 Å². The van der Waals surface area contributed by atoms with Crippen LogP contribution in [0, 0.1) is 0 Å². The van der Waals surface area contributed by atoms with Crippen molar-refractivity contribution < 1.29 is 4.79 Å². The van der Waals surface area contributed by atoms with Crippen LogP contribution in [0.15, 0.2) is 71.9 Å². The molecule has 0 aliphatic heterocycles. The number of para-hydroxylation sites is 1. The SMILES string of the molecule is CCSc1ccccc1C(=O)NCc1cnn(-c2ccccc2)c1. The second-order valence-corrected chi connectivity index (χ2v) is 6.55. The minimum Gasteiger partial charge on any atom is -0.348 e. The Labute approximate surface area is 145 Å². The molecule has 0 radical (unpaired) electrons. The highest BCUT2D eigenvalue weighted by Gasteiger charge is 2.11. The molecule has 3 aromatic rings. The molecule has 0 bridgehead atoms. The zero-order chi connectivity index (χ0) is 16.8. The van der Waals surface area contributed by atoms with E-state index in [4.69, 9.17) is 0 Å². The van der Waals surface area contributed by atoms with Crippen molar-refractivity contribution in [2.45, 2.75) is 18.4 Å². The van der Waals surface area contributed by atoms with Crippen LogP contribution in [0.3, 0.4) is 0 Å². The molecule has 1 N–H and O–H groups in total. The molecular formula is C19H19N3OS. The highest BCUT2D eigenvalue weighted by atomic mass is 32.2. The maximum atomic E-state index is 12.4. The molecule has 0 fully saturated rings. The Morgan fingerprint density at radius 3 is 2.67 bits per heavy atom. The van der Waals surface area contributed by atoms with Gasteiger partial charge in [-0.3, -0.25) is 4.79 Å². The van der Waals surface area contributed by atoms with Gasteiger partial charge in [0.2, 0.25) is 0 Å². The lowest BCUT2D eigenvalue weighted by molar-refractivity contribution is 0.0948. The van der Waals surface area contributed by atoms with Crippen LogP contribution in [0.4, 0.5) is 0 Å². The van der Waals surface area contributed by atoms with E-state index in [0.717, 1.165) is 27.5 Å². The van der Waals surface area contributed by atoms with Gasteiger partial charge in [-0.05, 0) is 30.0 Å². The number of hydrogen-bond donors (Lipinski definition) is 1. The summed E-state index contributed by atoms with van der Waals surface area (Å²) in [5, 5.41) is 7.32. The molecule has 1 amide bonds. The molecule has 3 rings (SSSR count). The number of nitrogens with one attached hydrogen (secondary N) is 1. The third kappa shape index (κ3) is 3.86. The number of hydrogen-bond acceptors (Lipinski definition) is 3. The number of benzene rings is 2. The first kappa shape index (κ1) is 16.3. The predicted octanol–water partition coefficient (Wildman–Crippen LogP) is 3.91. The zero-order valence-corrected chi connectivity index (χ0v) is 14.3. The molecule has 5 heteroatoms. The van der Waals surface area contributed by atoms with Crippen molar-refractivity contribution in [2.75, 3.05) is 5.75 Å². The Morgan fingerprint density at radius 1 is 1.12 bits per heavy atom. The van der Waals surface area contributed by atoms with Gasteiger partial charge in [0.15, 0.2) is 0 Å². The molecule has 1 aromatic heterocycles. The van der Waals surface area contributed by atoms with E-state index in [1.165, 1.54) is 0 Å². The molecule has 24 heavy (non-hydrogen) atoms. The quantitative estimate of drug-likeness (QED) is 0.694. The molecule has 0 saturated carbocycles. The normalized spacial score (nSPS) is 10.5. The van der Waals surface area contributed by atoms with Crippen LogP contribution in [-0.4, -0.2) is 21.4 Å². The maximum Gasteiger partial charge on any atom is 0.252 e. The van der Waals surface area contributed by atoms with Crippen molar-refractivity contribution in [2.24, 2.45) is 0 Å². The first-order valence-corrected chi connectivity index (χ1v) is 8.85. The number of amides is 1. The fourth-order valence-corrected chi connectivity index (χ4v) is 3.19. The summed E-state index contributed by atoms with van der Waals surface area (Å²) >= 11 is 1.68. The van der Waals surface area contributed by atoms with Crippen molar-refractivity contribution in [1.82, 2.24) is 15.1 Å². The Kier molecular flexibility index (Phi) is 5.33. The van der Waals surface area contributed by atoms with Crippen LogP contribution in [0.5, 0.6) is 0 Å². The van der Waals surface area contributed by atoms with Gasteiger partial charge in [-0.15, -0.1) is 11.8 Å². The van der Waals surface area contributed by atoms with Crippen LogP contribution in [0.2, 0.25) is 0 Å². The van der Waals surface area contributed by atoms with Crippen LogP contribution in [-0.2, 0) is 6.54 Å². The van der Waals surface area contributed by atoms with Crippen molar-refractivity contribution >= 4 is 17.7 Å². The molecule has 4 nitrogen and oxygen atoms in total. The van der Waals surface area contributed by atoms with Gasteiger partial charge in [0.25, 0.3) is 5.91 Å². The molecular weight excluding hydrogens is 318 g/mol. The first-order chi connectivity index (χ1) is 11.8. The largest absolute Gasteiger partial charge is 0.348 e. The van der Waals surface area contributed by atoms with Crippen LogP contribution in [0.25, 0.3) is 5.69 Å². The monoisotopic (exact) mass is 337 g/mol. The van der Waals surface area contributed by atoms with E-state index in [-0.39, 0.29) is 5.91 Å². The molecule has 2 aromatic carbocycles. The van der Waals surface area contributed by atoms with Gasteiger partial charge < -0.3 is 5.32 Å². The average Bonchev–Trinajstić information content (AvgIpc) is 3.10. The summed E-state index contributed by atoms with van der Waals surface area (Å²) in [5.41, 5.74) is 2.69. The Hall–Kier alpha value is -2.53. The highest BCUT2D eigenvalue weighted by molar-refractivity contribution is 7.99. The molecule has 0 saturated heterocycles. The summed E-state index contributed by atoms with van der Waals surface area (Å²) in [5.74, 6) is 0.882. The van der Waals surface area contributed by atoms with E-state index < -0.39 is 0 Å². The maximum absolute atomic E-state index is 12.4. The number of carbonyl (C=O) groups excluding carboxylic acids is 1. The molecule has 0 unspecified atom stereocenters. The minimum absolute atomic E-state index is 0.0565. The Morgan fingerprint density at radius 2 is 1.88 bits per heavy atom. The van der Waals surface area contributed by atoms with Gasteiger partial charge in [0.1, 0.15) is 0 Å². The van der Waals surface area contributed by atoms with E-state index in [0.29, 0.717) is 6.54 Å². The molecule has 0 aliphatic rings. The molecule has 122 valence electrons. The van der Waals surface area contributed by atoms with Crippen molar-refractivity contribution in [3.8, 4) is 5.69 Å². The topological polar surface area (TPSA) is 46.9 Å². The predicted molar refractivity (Wildman–Crippen MR) is 97.6 cm³/mol. The Balaban J connectivity index is 1.66. The summed E-state index contributed by atoms with van der Waals surface area (Å²) in [4.78, 5) is 13.5. The van der Waals surface area contributed by atoms with Gasteiger partial charge in [0, 0.05) is 23.2 Å². The van der Waals surface area contributed by atoms with E-state index in [9.17, 15) is 4.79 Å². The van der Waals surface area contributed by atoms with Crippen LogP contribution < -0.4 is 5.32 Å². The van der Waals surface area contributed by atoms with Gasteiger partial charge in [0.05, 0.1) is 17.4 Å². The van der Waals surface area contributed by atoms with E-state index in [1.54, 1.807) is 18.0 Å². The molecule has 0 spiro atoms. The summed E-state index contributed by atoms with van der Waals surface area (Å²) in [7, 11) is 0. The second-order valence-electron chi connectivity index (χ2n) is 5.24. The van der Waals surface area contributed by atoms with E-state index >= 15 is 0 Å². The zero-order valence-electron chi connectivity index (χ0n) is 13.5. The van der Waals surface area contributed by atoms with Gasteiger partial charge in [-0.25, -0.2) is 4.68 Å². The Bertz CT molecular complexity index is 814. The van der Waals surface area contributed by atoms with Crippen molar-refractivity contribution in [3.05, 3.63) is 78.1 Å². The van der Waals surface area contributed by atoms with Crippen LogP contribution >= 0.6 is 11.8 Å². The fraction of sp³-hybridized carbons (Fsp3) is 0.158. The smallest absolute Gasteiger partial charge is 0.252 e. The van der Waals surface area contributed by atoms with E-state index in [1.807, 2.05) is 65.5 Å². The summed E-state index contributed by atoms with van der Waals surface area (Å²) in [6, 6.07) is 17.6. The lowest BCUT2D eigenvalue weighted by atomic mass is 10.2. The number of thioether (sulfide) groups is 1. The third-order valence-electron chi connectivity index (χ3n) is 3.54. The standard InChI is InChI=1S/C19H19N3OS/c1-2-24-18-11-7-6-10-17(18)19(23)20-12-15-13-21-22(14-15)16-8-4-3-5-9-16/h3-11,13-14H,2,12H2,1H3,(H,20,23). The number of nitrogens with zero attached hydrogens (tertiary/aromatic N) is 2. The van der Waals surface area contributed by atoms with E-state index in [2.05, 4.69) is 17.3 Å². The number of carbonyl (C=O) groups is 1. The van der Waals surface area contributed by atoms with Gasteiger partial charge in [-0.1, -0.05) is 37.3 Å². The minimum atomic E-state index is -0.0565. The molecule has 1 heterocycles. The summed E-state index contributed by atoms with van der Waals surface area (Å²) < 4.78 is 1.81. The summed E-state index contributed by atoms with van der Waals surface area (Å²) in [6.07, 6.45) is 3.71. The van der Waals surface area contributed by atoms with Crippen LogP contribution in [0.1, 0.15) is 22.8 Å². The average molecular weight is 337 g/mol. The lowest BCUT2D eigenvalue weighted by Crippen LogP contribution is -2.23. The van der Waals surface area contributed by atoms with Crippen molar-refractivity contribution in [3.63, 3.8) is 0 Å². The molecule has 0 aliphatic carbocycles. The highest BCUT2D eigenvalue weighted by Crippen LogP contribution is 2.22. The van der Waals surface area contributed by atoms with Gasteiger partial charge >= 0.3 is 0 Å². The summed E-state index contributed by atoms with van der Waals surface area (Å²) in [6.45, 7) is 2.54. The van der Waals surface area contributed by atoms with Gasteiger partial charge in [-0.2, -0.15) is 5.10 Å². The second kappa shape index (κ2) is 7.84. The molecule has 0 atom stereocenters. The lowest BCUT2D eigenvalue weighted by Gasteiger charge is -2.08. The fourth-order valence-electron chi connectivity index (χ4n) is 2.39. The third-order valence-corrected chi connectivity index (χ3v) is 4.50. The first-order valence-electron chi connectivity index (χ1n) is 7.87. The number of aromatic nitrogens is 2.